The van der Waals surface area contributed by atoms with Gasteiger partial charge in [0.05, 0.1) is 12.7 Å². The minimum Gasteiger partial charge on any atom is -0.468 e. The average Bonchev–Trinajstić information content (AvgIpc) is 2.38. The van der Waals surface area contributed by atoms with Crippen molar-refractivity contribution in [3.63, 3.8) is 0 Å². The molecule has 5 nitrogen and oxygen atoms in total. The van der Waals surface area contributed by atoms with Gasteiger partial charge in [0.25, 0.3) is 5.91 Å². The summed E-state index contributed by atoms with van der Waals surface area (Å²) in [6, 6.07) is 6.82. The minimum absolute atomic E-state index is 0.0580. The number of amides is 1. The normalized spacial score (nSPS) is 9.89. The predicted molar refractivity (Wildman–Crippen MR) is 69.1 cm³/mol. The van der Waals surface area contributed by atoms with Gasteiger partial charge in [-0.2, -0.15) is 0 Å². The molecular formula is C13H18N2O3. The topological polar surface area (TPSA) is 72.6 Å². The maximum atomic E-state index is 12.2. The van der Waals surface area contributed by atoms with E-state index in [1.807, 2.05) is 6.92 Å². The zero-order chi connectivity index (χ0) is 13.5. The first kappa shape index (κ1) is 14.0. The van der Waals surface area contributed by atoms with Gasteiger partial charge in [0.1, 0.15) is 6.54 Å². The van der Waals surface area contributed by atoms with Crippen LogP contribution in [-0.2, 0) is 9.53 Å². The number of hydrogen-bond acceptors (Lipinski definition) is 4. The molecule has 1 rings (SSSR count). The molecule has 98 valence electrons. The van der Waals surface area contributed by atoms with Crippen LogP contribution < -0.4 is 5.73 Å². The van der Waals surface area contributed by atoms with Gasteiger partial charge < -0.3 is 15.4 Å². The summed E-state index contributed by atoms with van der Waals surface area (Å²) >= 11 is 0. The Morgan fingerprint density at radius 1 is 1.33 bits per heavy atom. The van der Waals surface area contributed by atoms with Crippen LogP contribution in [0.15, 0.2) is 24.3 Å². The Hall–Kier alpha value is -2.04. The van der Waals surface area contributed by atoms with Crippen LogP contribution in [0.25, 0.3) is 0 Å². The van der Waals surface area contributed by atoms with E-state index in [1.165, 1.54) is 12.0 Å². The number of hydrogen-bond donors (Lipinski definition) is 1. The first-order chi connectivity index (χ1) is 8.60. The van der Waals surface area contributed by atoms with Crippen LogP contribution in [-0.4, -0.2) is 37.0 Å². The Balaban J connectivity index is 2.89. The van der Waals surface area contributed by atoms with Crippen LogP contribution in [0, 0.1) is 0 Å². The quantitative estimate of drug-likeness (QED) is 0.631. The molecule has 0 fully saturated rings. The van der Waals surface area contributed by atoms with E-state index in [0.29, 0.717) is 17.8 Å². The SMILES string of the molecule is CCCN(CC(=O)OC)C(=O)c1ccccc1N. The largest absolute Gasteiger partial charge is 0.468 e. The molecule has 0 heterocycles. The van der Waals surface area contributed by atoms with Crippen LogP contribution >= 0.6 is 0 Å². The van der Waals surface area contributed by atoms with E-state index in [4.69, 9.17) is 5.73 Å². The second kappa shape index (κ2) is 6.64. The van der Waals surface area contributed by atoms with Crippen LogP contribution in [0.3, 0.4) is 0 Å². The van der Waals surface area contributed by atoms with Crippen molar-refractivity contribution in [2.24, 2.45) is 0 Å². The molecule has 0 aliphatic heterocycles. The first-order valence-electron chi connectivity index (χ1n) is 5.80. The lowest BCUT2D eigenvalue weighted by Crippen LogP contribution is -2.37. The van der Waals surface area contributed by atoms with Crippen molar-refractivity contribution in [3.8, 4) is 0 Å². The number of ether oxygens (including phenoxy) is 1. The van der Waals surface area contributed by atoms with Crippen molar-refractivity contribution >= 4 is 17.6 Å². The molecule has 0 spiro atoms. The molecule has 0 aliphatic rings. The molecule has 0 atom stereocenters. The maximum absolute atomic E-state index is 12.2. The highest BCUT2D eigenvalue weighted by Crippen LogP contribution is 2.13. The number of rotatable bonds is 5. The molecule has 0 aromatic heterocycles. The molecule has 5 heteroatoms. The number of carbonyl (C=O) groups is 2. The van der Waals surface area contributed by atoms with E-state index >= 15 is 0 Å². The number of methoxy groups -OCH3 is 1. The summed E-state index contributed by atoms with van der Waals surface area (Å²) in [5.41, 5.74) is 6.58. The monoisotopic (exact) mass is 250 g/mol. The third-order valence-electron chi connectivity index (χ3n) is 2.52. The summed E-state index contributed by atoms with van der Waals surface area (Å²) < 4.78 is 4.58. The molecule has 1 amide bonds. The standard InChI is InChI=1S/C13H18N2O3/c1-3-8-15(9-12(16)18-2)13(17)10-6-4-5-7-11(10)14/h4-7H,3,8-9,14H2,1-2H3. The van der Waals surface area contributed by atoms with Crippen LogP contribution in [0.1, 0.15) is 23.7 Å². The summed E-state index contributed by atoms with van der Waals surface area (Å²) in [6.45, 7) is 2.37. The summed E-state index contributed by atoms with van der Waals surface area (Å²) in [4.78, 5) is 25.0. The highest BCUT2D eigenvalue weighted by molar-refractivity contribution is 6.00. The fraction of sp³-hybridized carbons (Fsp3) is 0.385. The molecule has 0 bridgehead atoms. The summed E-state index contributed by atoms with van der Waals surface area (Å²) in [5.74, 6) is -0.688. The molecule has 1 aromatic carbocycles. The summed E-state index contributed by atoms with van der Waals surface area (Å²) in [5, 5.41) is 0. The lowest BCUT2D eigenvalue weighted by molar-refractivity contribution is -0.141. The van der Waals surface area contributed by atoms with E-state index in [9.17, 15) is 9.59 Å². The molecule has 0 saturated carbocycles. The first-order valence-corrected chi connectivity index (χ1v) is 5.80. The number of nitrogens with zero attached hydrogens (tertiary/aromatic N) is 1. The molecule has 0 saturated heterocycles. The second-order valence-corrected chi connectivity index (χ2v) is 3.89. The van der Waals surface area contributed by atoms with E-state index in [-0.39, 0.29) is 12.5 Å². The third kappa shape index (κ3) is 3.48. The Morgan fingerprint density at radius 2 is 2.00 bits per heavy atom. The van der Waals surface area contributed by atoms with Crippen molar-refractivity contribution in [2.75, 3.05) is 25.9 Å². The molecular weight excluding hydrogens is 232 g/mol. The van der Waals surface area contributed by atoms with E-state index < -0.39 is 5.97 Å². The number of esters is 1. The number of carbonyl (C=O) groups excluding carboxylic acids is 2. The van der Waals surface area contributed by atoms with Gasteiger partial charge in [-0.1, -0.05) is 19.1 Å². The van der Waals surface area contributed by atoms with Gasteiger partial charge in [-0.05, 0) is 18.6 Å². The van der Waals surface area contributed by atoms with Gasteiger partial charge in [0.15, 0.2) is 0 Å². The molecule has 1 aromatic rings. The van der Waals surface area contributed by atoms with Crippen molar-refractivity contribution in [1.29, 1.82) is 0 Å². The van der Waals surface area contributed by atoms with E-state index in [1.54, 1.807) is 24.3 Å². The summed E-state index contributed by atoms with van der Waals surface area (Å²) in [6.07, 6.45) is 0.759. The van der Waals surface area contributed by atoms with Gasteiger partial charge >= 0.3 is 5.97 Å². The Morgan fingerprint density at radius 3 is 2.56 bits per heavy atom. The molecule has 0 unspecified atom stereocenters. The van der Waals surface area contributed by atoms with Crippen LogP contribution in [0.5, 0.6) is 0 Å². The highest BCUT2D eigenvalue weighted by Gasteiger charge is 2.19. The van der Waals surface area contributed by atoms with Crippen molar-refractivity contribution in [3.05, 3.63) is 29.8 Å². The molecule has 2 N–H and O–H groups in total. The Bertz CT molecular complexity index is 432. The number of anilines is 1. The van der Waals surface area contributed by atoms with E-state index in [0.717, 1.165) is 6.42 Å². The van der Waals surface area contributed by atoms with Gasteiger partial charge in [-0.25, -0.2) is 0 Å². The van der Waals surface area contributed by atoms with Gasteiger partial charge in [-0.15, -0.1) is 0 Å². The fourth-order valence-electron chi connectivity index (χ4n) is 1.60. The Kier molecular flexibility index (Phi) is 5.17. The zero-order valence-electron chi connectivity index (χ0n) is 10.7. The molecule has 18 heavy (non-hydrogen) atoms. The third-order valence-corrected chi connectivity index (χ3v) is 2.52. The van der Waals surface area contributed by atoms with Crippen molar-refractivity contribution in [2.45, 2.75) is 13.3 Å². The smallest absolute Gasteiger partial charge is 0.325 e. The highest BCUT2D eigenvalue weighted by atomic mass is 16.5. The van der Waals surface area contributed by atoms with Crippen LogP contribution in [0.4, 0.5) is 5.69 Å². The second-order valence-electron chi connectivity index (χ2n) is 3.89. The van der Waals surface area contributed by atoms with Gasteiger partial charge in [-0.3, -0.25) is 9.59 Å². The maximum Gasteiger partial charge on any atom is 0.325 e. The number of nitrogens with two attached hydrogens (primary N) is 1. The van der Waals surface area contributed by atoms with Crippen molar-refractivity contribution in [1.82, 2.24) is 4.90 Å². The summed E-state index contributed by atoms with van der Waals surface area (Å²) in [7, 11) is 1.30. The lowest BCUT2D eigenvalue weighted by Gasteiger charge is -2.21. The van der Waals surface area contributed by atoms with Gasteiger partial charge in [0, 0.05) is 12.2 Å². The fourth-order valence-corrected chi connectivity index (χ4v) is 1.60. The van der Waals surface area contributed by atoms with E-state index in [2.05, 4.69) is 4.74 Å². The number of benzene rings is 1. The average molecular weight is 250 g/mol. The van der Waals surface area contributed by atoms with Crippen molar-refractivity contribution < 1.29 is 14.3 Å². The molecule has 0 aliphatic carbocycles. The lowest BCUT2D eigenvalue weighted by atomic mass is 10.1. The van der Waals surface area contributed by atoms with Crippen LogP contribution in [0.2, 0.25) is 0 Å². The van der Waals surface area contributed by atoms with Gasteiger partial charge in [0.2, 0.25) is 0 Å². The number of para-hydroxylation sites is 1. The Labute approximate surface area is 107 Å². The molecule has 0 radical (unpaired) electrons. The zero-order valence-corrected chi connectivity index (χ0v) is 10.7. The predicted octanol–water partition coefficient (Wildman–Crippen LogP) is 1.29. The minimum atomic E-state index is -0.439. The number of nitrogen functional groups attached to an aromatic ring is 1.